The van der Waals surface area contributed by atoms with Crippen LogP contribution >= 0.6 is 0 Å². The highest BCUT2D eigenvalue weighted by molar-refractivity contribution is 5.91. The van der Waals surface area contributed by atoms with Crippen LogP contribution in [0.15, 0.2) is 66.7 Å². The van der Waals surface area contributed by atoms with Crippen molar-refractivity contribution in [3.63, 3.8) is 0 Å². The Bertz CT molecular complexity index is 1020. The first-order valence-corrected chi connectivity index (χ1v) is 10.5. The first-order chi connectivity index (χ1) is 15.0. The third-order valence-corrected chi connectivity index (χ3v) is 6.69. The molecule has 2 fully saturated rings. The Morgan fingerprint density at radius 1 is 1.19 bits per heavy atom. The van der Waals surface area contributed by atoms with Crippen LogP contribution in [-0.2, 0) is 25.7 Å². The van der Waals surface area contributed by atoms with Gasteiger partial charge in [0.25, 0.3) is 0 Å². The molecular formula is C25H25NO5. The van der Waals surface area contributed by atoms with E-state index in [-0.39, 0.29) is 24.5 Å². The van der Waals surface area contributed by atoms with Crippen LogP contribution in [0, 0.1) is 11.8 Å². The predicted molar refractivity (Wildman–Crippen MR) is 113 cm³/mol. The predicted octanol–water partition coefficient (Wildman–Crippen LogP) is 3.28. The molecule has 2 aromatic carbocycles. The number of esters is 1. The lowest BCUT2D eigenvalue weighted by molar-refractivity contribution is -0.155. The van der Waals surface area contributed by atoms with E-state index in [4.69, 9.17) is 14.2 Å². The first-order valence-electron chi connectivity index (χ1n) is 10.5. The number of benzene rings is 2. The summed E-state index contributed by atoms with van der Waals surface area (Å²) in [6.45, 7) is 2.61. The topological polar surface area (TPSA) is 65.1 Å². The maximum Gasteiger partial charge on any atom is 0.313 e. The molecule has 6 heteroatoms. The van der Waals surface area contributed by atoms with Crippen molar-refractivity contribution >= 4 is 11.9 Å². The zero-order valence-electron chi connectivity index (χ0n) is 17.6. The summed E-state index contributed by atoms with van der Waals surface area (Å²) in [5, 5.41) is 0. The highest BCUT2D eigenvalue weighted by atomic mass is 16.6. The van der Waals surface area contributed by atoms with Crippen molar-refractivity contribution in [2.24, 2.45) is 11.8 Å². The molecule has 5 rings (SSSR count). The summed E-state index contributed by atoms with van der Waals surface area (Å²) < 4.78 is 17.0. The van der Waals surface area contributed by atoms with E-state index in [1.165, 1.54) is 0 Å². The molecule has 160 valence electrons. The highest BCUT2D eigenvalue weighted by Crippen LogP contribution is 2.53. The van der Waals surface area contributed by atoms with Crippen molar-refractivity contribution < 1.29 is 23.8 Å². The minimum absolute atomic E-state index is 0.0585. The number of likely N-dealkylation sites (tertiary alicyclic amines) is 1. The van der Waals surface area contributed by atoms with Crippen molar-refractivity contribution in [2.45, 2.75) is 31.3 Å². The fraction of sp³-hybridized carbons (Fsp3) is 0.360. The van der Waals surface area contributed by atoms with Gasteiger partial charge >= 0.3 is 5.97 Å². The van der Waals surface area contributed by atoms with Gasteiger partial charge in [-0.1, -0.05) is 54.6 Å². The van der Waals surface area contributed by atoms with Crippen LogP contribution in [0.2, 0.25) is 0 Å². The lowest BCUT2D eigenvalue weighted by Crippen LogP contribution is -2.40. The van der Waals surface area contributed by atoms with Crippen LogP contribution in [-0.4, -0.2) is 42.1 Å². The van der Waals surface area contributed by atoms with E-state index in [0.717, 1.165) is 16.9 Å². The molecule has 0 saturated carbocycles. The summed E-state index contributed by atoms with van der Waals surface area (Å²) in [5.74, 6) is -0.833. The first kappa shape index (κ1) is 19.8. The van der Waals surface area contributed by atoms with E-state index in [9.17, 15) is 9.59 Å². The van der Waals surface area contributed by atoms with Gasteiger partial charge in [-0.15, -0.1) is 0 Å². The summed E-state index contributed by atoms with van der Waals surface area (Å²) >= 11 is 0. The molecule has 1 amide bonds. The Balaban J connectivity index is 1.34. The molecular weight excluding hydrogens is 394 g/mol. The van der Waals surface area contributed by atoms with Gasteiger partial charge in [0.1, 0.15) is 23.9 Å². The minimum Gasteiger partial charge on any atom is -0.497 e. The molecule has 2 saturated heterocycles. The standard InChI is InChI=1S/C25H25NO5/c1-16(18-8-10-19(29-2)11-9-18)26-15-25-13-12-20(31-25)21(22(25)23(26)27)24(28)30-14-17-6-4-3-5-7-17/h3-13,16,20-22H,14-15H2,1-2H3/t16-,20+,21+,22-,25-/m1/s1. The molecule has 31 heavy (non-hydrogen) atoms. The van der Waals surface area contributed by atoms with Gasteiger partial charge in [0.2, 0.25) is 5.91 Å². The molecule has 0 N–H and O–H groups in total. The van der Waals surface area contributed by atoms with Crippen molar-refractivity contribution in [3.8, 4) is 5.75 Å². The van der Waals surface area contributed by atoms with Crippen LogP contribution in [0.5, 0.6) is 5.75 Å². The summed E-state index contributed by atoms with van der Waals surface area (Å²) in [6, 6.07) is 17.1. The lowest BCUT2D eigenvalue weighted by Gasteiger charge is -2.27. The van der Waals surface area contributed by atoms with Crippen LogP contribution in [0.3, 0.4) is 0 Å². The molecule has 1 spiro atoms. The number of hydrogen-bond donors (Lipinski definition) is 0. The van der Waals surface area contributed by atoms with Crippen molar-refractivity contribution in [2.75, 3.05) is 13.7 Å². The second kappa shape index (κ2) is 7.54. The second-order valence-corrected chi connectivity index (χ2v) is 8.41. The maximum absolute atomic E-state index is 13.5. The molecule has 0 aromatic heterocycles. The monoisotopic (exact) mass is 419 g/mol. The minimum atomic E-state index is -0.751. The zero-order valence-corrected chi connectivity index (χ0v) is 17.6. The van der Waals surface area contributed by atoms with Gasteiger partial charge in [0, 0.05) is 0 Å². The fourth-order valence-corrected chi connectivity index (χ4v) is 5.01. The third-order valence-electron chi connectivity index (χ3n) is 6.69. The van der Waals surface area contributed by atoms with Crippen LogP contribution < -0.4 is 4.74 Å². The van der Waals surface area contributed by atoms with Gasteiger partial charge in [-0.2, -0.15) is 0 Å². The van der Waals surface area contributed by atoms with E-state index in [1.807, 2.05) is 78.6 Å². The molecule has 0 unspecified atom stereocenters. The molecule has 2 bridgehead atoms. The smallest absolute Gasteiger partial charge is 0.313 e. The van der Waals surface area contributed by atoms with E-state index in [1.54, 1.807) is 7.11 Å². The van der Waals surface area contributed by atoms with Crippen molar-refractivity contribution in [1.82, 2.24) is 4.90 Å². The normalized spacial score (nSPS) is 29.2. The van der Waals surface area contributed by atoms with E-state index >= 15 is 0 Å². The van der Waals surface area contributed by atoms with E-state index in [2.05, 4.69) is 0 Å². The second-order valence-electron chi connectivity index (χ2n) is 8.41. The van der Waals surface area contributed by atoms with Crippen LogP contribution in [0.1, 0.15) is 24.1 Å². The van der Waals surface area contributed by atoms with Crippen LogP contribution in [0.25, 0.3) is 0 Å². The SMILES string of the molecule is COc1ccc([C@@H](C)N2C[C@@]34C=C[C@H](O3)[C@H](C(=O)OCc3ccccc3)[C@@H]4C2=O)cc1. The molecule has 6 nitrogen and oxygen atoms in total. The zero-order chi connectivity index (χ0) is 21.6. The average Bonchev–Trinajstić information content (AvgIpc) is 3.46. The molecule has 0 aliphatic carbocycles. The number of methoxy groups -OCH3 is 1. The van der Waals surface area contributed by atoms with Crippen molar-refractivity contribution in [1.29, 1.82) is 0 Å². The summed E-state index contributed by atoms with van der Waals surface area (Å²) in [6.07, 6.45) is 3.46. The van der Waals surface area contributed by atoms with Crippen molar-refractivity contribution in [3.05, 3.63) is 77.9 Å². The Morgan fingerprint density at radius 2 is 1.94 bits per heavy atom. The highest BCUT2D eigenvalue weighted by Gasteiger charge is 2.67. The van der Waals surface area contributed by atoms with Gasteiger partial charge in [-0.25, -0.2) is 0 Å². The van der Waals surface area contributed by atoms with Gasteiger partial charge in [-0.05, 0) is 30.2 Å². The number of carbonyl (C=O) groups excluding carboxylic acids is 2. The number of carbonyl (C=O) groups is 2. The molecule has 3 aliphatic rings. The number of nitrogens with zero attached hydrogens (tertiary/aromatic N) is 1. The summed E-state index contributed by atoms with van der Waals surface area (Å²) in [4.78, 5) is 28.3. The van der Waals surface area contributed by atoms with Gasteiger partial charge < -0.3 is 19.1 Å². The average molecular weight is 419 g/mol. The number of amides is 1. The molecule has 2 aromatic rings. The Labute approximate surface area is 181 Å². The largest absolute Gasteiger partial charge is 0.497 e. The van der Waals surface area contributed by atoms with Crippen LogP contribution in [0.4, 0.5) is 0 Å². The molecule has 5 atom stereocenters. The van der Waals surface area contributed by atoms with Gasteiger partial charge in [0.05, 0.1) is 31.7 Å². The lowest BCUT2D eigenvalue weighted by atomic mass is 9.77. The number of rotatable bonds is 6. The fourth-order valence-electron chi connectivity index (χ4n) is 5.01. The van der Waals surface area contributed by atoms with E-state index < -0.39 is 23.5 Å². The van der Waals surface area contributed by atoms with E-state index in [0.29, 0.717) is 6.54 Å². The number of ether oxygens (including phenoxy) is 3. The summed E-state index contributed by atoms with van der Waals surface area (Å²) in [5.41, 5.74) is 1.17. The quantitative estimate of drug-likeness (QED) is 0.531. The van der Waals surface area contributed by atoms with Gasteiger partial charge in [0.15, 0.2) is 0 Å². The molecule has 3 heterocycles. The molecule has 0 radical (unpaired) electrons. The molecule has 3 aliphatic heterocycles. The Morgan fingerprint density at radius 3 is 2.65 bits per heavy atom. The number of hydrogen-bond acceptors (Lipinski definition) is 5. The third kappa shape index (κ3) is 3.22. The van der Waals surface area contributed by atoms with Gasteiger partial charge in [-0.3, -0.25) is 9.59 Å². The Hall–Kier alpha value is -3.12. The summed E-state index contributed by atoms with van der Waals surface area (Å²) in [7, 11) is 1.62. The Kier molecular flexibility index (Phi) is 4.82. The maximum atomic E-state index is 13.5. The number of fused-ring (bicyclic) bond motifs is 1.